The number of carbonyl (C=O) groups excluding carboxylic acids is 1. The van der Waals surface area contributed by atoms with Crippen molar-refractivity contribution in [1.82, 2.24) is 0 Å². The monoisotopic (exact) mass is 308 g/mol. The summed E-state index contributed by atoms with van der Waals surface area (Å²) in [5.74, 6) is 0.663. The van der Waals surface area contributed by atoms with Gasteiger partial charge in [-0.3, -0.25) is 4.79 Å². The summed E-state index contributed by atoms with van der Waals surface area (Å²) in [6.45, 7) is 6.25. The van der Waals surface area contributed by atoms with E-state index >= 15 is 0 Å². The van der Waals surface area contributed by atoms with E-state index in [-0.39, 0.29) is 11.5 Å². The predicted molar refractivity (Wildman–Crippen MR) is 85.5 cm³/mol. The maximum atomic E-state index is 11.4. The number of unbranched alkanes of at least 4 members (excludes halogenated alkanes) is 1. The number of thiocyanates is 1. The maximum absolute atomic E-state index is 11.4. The third kappa shape index (κ3) is 6.46. The third-order valence-corrected chi connectivity index (χ3v) is 2.87. The molecule has 0 unspecified atom stereocenters. The van der Waals surface area contributed by atoms with E-state index in [1.807, 2.05) is 6.92 Å². The fourth-order valence-corrected chi connectivity index (χ4v) is 1.86. The van der Waals surface area contributed by atoms with E-state index in [2.05, 4.69) is 19.6 Å². The first-order chi connectivity index (χ1) is 10.0. The lowest BCUT2D eigenvalue weighted by molar-refractivity contribution is 0.101. The molecule has 0 saturated carbocycles. The van der Waals surface area contributed by atoms with Crippen molar-refractivity contribution in [3.8, 4) is 16.9 Å². The molecule has 0 saturated heterocycles. The maximum Gasteiger partial charge on any atom is 0.163 e. The van der Waals surface area contributed by atoms with E-state index in [0.717, 1.165) is 24.8 Å². The SMILES string of the molecule is CCCCOc1ccc(C(C)=O)c(O)c1CCC.N#C[S-]. The number of aromatic hydroxyl groups is 1. The molecule has 0 radical (unpaired) electrons. The van der Waals surface area contributed by atoms with Gasteiger partial charge in [-0.05, 0) is 31.9 Å². The van der Waals surface area contributed by atoms with Crippen LogP contribution in [0.5, 0.6) is 11.5 Å². The zero-order valence-electron chi connectivity index (χ0n) is 12.8. The molecular formula is C16H22NO3S-. The number of phenols is 1. The van der Waals surface area contributed by atoms with E-state index in [1.54, 1.807) is 12.1 Å². The Kier molecular flexibility index (Phi) is 9.99. The van der Waals surface area contributed by atoms with Crippen molar-refractivity contribution >= 4 is 18.4 Å². The predicted octanol–water partition coefficient (Wildman–Crippen LogP) is 3.74. The number of nitriles is 1. The van der Waals surface area contributed by atoms with Crippen LogP contribution in [0, 0.1) is 10.7 Å². The van der Waals surface area contributed by atoms with Crippen molar-refractivity contribution in [2.24, 2.45) is 0 Å². The molecule has 0 amide bonds. The average Bonchev–Trinajstić information content (AvgIpc) is 2.43. The van der Waals surface area contributed by atoms with Crippen LogP contribution < -0.4 is 4.74 Å². The highest BCUT2D eigenvalue weighted by molar-refractivity contribution is 7.64. The molecule has 1 rings (SSSR count). The molecule has 0 aliphatic rings. The van der Waals surface area contributed by atoms with Crippen LogP contribution in [0.2, 0.25) is 0 Å². The number of hydrogen-bond donors (Lipinski definition) is 1. The van der Waals surface area contributed by atoms with Gasteiger partial charge in [0, 0.05) is 5.56 Å². The largest absolute Gasteiger partial charge is 0.696 e. The van der Waals surface area contributed by atoms with Crippen molar-refractivity contribution < 1.29 is 14.6 Å². The summed E-state index contributed by atoms with van der Waals surface area (Å²) in [6, 6.07) is 3.43. The molecule has 21 heavy (non-hydrogen) atoms. The molecule has 0 aliphatic carbocycles. The van der Waals surface area contributed by atoms with Crippen LogP contribution in [0.3, 0.4) is 0 Å². The van der Waals surface area contributed by atoms with Crippen molar-refractivity contribution in [2.75, 3.05) is 6.61 Å². The fraction of sp³-hybridized carbons (Fsp3) is 0.500. The third-order valence-electron chi connectivity index (χ3n) is 2.87. The van der Waals surface area contributed by atoms with Gasteiger partial charge in [0.05, 0.1) is 12.2 Å². The molecule has 0 atom stereocenters. The van der Waals surface area contributed by atoms with Gasteiger partial charge in [-0.15, -0.1) is 0 Å². The minimum Gasteiger partial charge on any atom is -0.696 e. The molecule has 0 aromatic heterocycles. The molecular weight excluding hydrogens is 286 g/mol. The molecule has 0 bridgehead atoms. The summed E-state index contributed by atoms with van der Waals surface area (Å²) in [5.41, 5.74) is 1.13. The number of hydrogen-bond acceptors (Lipinski definition) is 5. The number of rotatable bonds is 7. The number of phenolic OH excluding ortho intramolecular Hbond substituents is 1. The summed E-state index contributed by atoms with van der Waals surface area (Å²) in [4.78, 5) is 11.4. The Labute approximate surface area is 132 Å². The molecule has 0 aliphatic heterocycles. The summed E-state index contributed by atoms with van der Waals surface area (Å²) >= 11 is 3.70. The molecule has 116 valence electrons. The van der Waals surface area contributed by atoms with Crippen LogP contribution in [0.25, 0.3) is 0 Å². The van der Waals surface area contributed by atoms with Gasteiger partial charge in [-0.1, -0.05) is 32.1 Å². The molecule has 1 aromatic carbocycles. The second kappa shape index (κ2) is 10.9. The van der Waals surface area contributed by atoms with Gasteiger partial charge in [-0.2, -0.15) is 0 Å². The summed E-state index contributed by atoms with van der Waals surface area (Å²) in [5, 5.41) is 18.6. The average molecular weight is 308 g/mol. The van der Waals surface area contributed by atoms with Crippen LogP contribution >= 0.6 is 0 Å². The van der Waals surface area contributed by atoms with E-state index in [0.29, 0.717) is 24.3 Å². The van der Waals surface area contributed by atoms with Crippen molar-refractivity contribution in [3.63, 3.8) is 0 Å². The number of nitrogens with zero attached hydrogens (tertiary/aromatic N) is 1. The quantitative estimate of drug-likeness (QED) is 0.359. The standard InChI is InChI=1S/C15H22O3.CHNS/c1-4-6-10-18-14-9-8-12(11(3)16)15(17)13(14)7-5-2;2-1-3/h8-9,17H,4-7,10H2,1-3H3;3H/p-1. The van der Waals surface area contributed by atoms with E-state index in [1.165, 1.54) is 12.3 Å². The Morgan fingerprint density at radius 3 is 2.48 bits per heavy atom. The van der Waals surface area contributed by atoms with Gasteiger partial charge in [0.1, 0.15) is 11.5 Å². The van der Waals surface area contributed by atoms with E-state index < -0.39 is 0 Å². The Morgan fingerprint density at radius 2 is 2.00 bits per heavy atom. The highest BCUT2D eigenvalue weighted by Crippen LogP contribution is 2.33. The van der Waals surface area contributed by atoms with Gasteiger partial charge < -0.3 is 22.5 Å². The van der Waals surface area contributed by atoms with Crippen LogP contribution in [-0.2, 0) is 19.0 Å². The lowest BCUT2D eigenvalue weighted by Gasteiger charge is -2.14. The second-order valence-corrected chi connectivity index (χ2v) is 4.72. The van der Waals surface area contributed by atoms with E-state index in [9.17, 15) is 9.90 Å². The number of Topliss-reactive ketones (excluding diaryl/α,β-unsaturated/α-hetero) is 1. The summed E-state index contributed by atoms with van der Waals surface area (Å²) < 4.78 is 5.67. The first-order valence-electron chi connectivity index (χ1n) is 7.03. The lowest BCUT2D eigenvalue weighted by Crippen LogP contribution is -2.03. The number of benzene rings is 1. The molecule has 1 aromatic rings. The van der Waals surface area contributed by atoms with E-state index in [4.69, 9.17) is 10.00 Å². The van der Waals surface area contributed by atoms with Gasteiger partial charge in [0.2, 0.25) is 0 Å². The molecule has 5 heteroatoms. The summed E-state index contributed by atoms with van der Waals surface area (Å²) in [6.07, 6.45) is 3.68. The van der Waals surface area contributed by atoms with Crippen LogP contribution in [0.1, 0.15) is 56.0 Å². The molecule has 0 heterocycles. The molecule has 0 spiro atoms. The second-order valence-electron chi connectivity index (χ2n) is 4.54. The Morgan fingerprint density at radius 1 is 1.38 bits per heavy atom. The van der Waals surface area contributed by atoms with Crippen molar-refractivity contribution in [3.05, 3.63) is 23.3 Å². The minimum atomic E-state index is -0.120. The number of ketones is 1. The number of ether oxygens (including phenoxy) is 1. The van der Waals surface area contributed by atoms with Gasteiger partial charge in [0.25, 0.3) is 0 Å². The lowest BCUT2D eigenvalue weighted by atomic mass is 10.0. The first kappa shape index (κ1) is 19.2. The number of carbonyl (C=O) groups is 1. The zero-order chi connectivity index (χ0) is 16.3. The minimum absolute atomic E-state index is 0.0818. The fourth-order valence-electron chi connectivity index (χ4n) is 1.86. The molecule has 0 fully saturated rings. The van der Waals surface area contributed by atoms with Gasteiger partial charge in [0.15, 0.2) is 5.78 Å². The zero-order valence-corrected chi connectivity index (χ0v) is 13.6. The van der Waals surface area contributed by atoms with Crippen LogP contribution in [0.15, 0.2) is 12.1 Å². The van der Waals surface area contributed by atoms with Crippen molar-refractivity contribution in [1.29, 1.82) is 5.26 Å². The smallest absolute Gasteiger partial charge is 0.163 e. The Hall–Kier alpha value is -1.80. The molecule has 1 N–H and O–H groups in total. The highest BCUT2D eigenvalue weighted by Gasteiger charge is 2.15. The highest BCUT2D eigenvalue weighted by atomic mass is 32.1. The topological polar surface area (TPSA) is 70.3 Å². The van der Waals surface area contributed by atoms with Gasteiger partial charge >= 0.3 is 0 Å². The van der Waals surface area contributed by atoms with Gasteiger partial charge in [-0.25, -0.2) is 5.26 Å². The van der Waals surface area contributed by atoms with Crippen LogP contribution in [-0.4, -0.2) is 17.5 Å². The first-order valence-corrected chi connectivity index (χ1v) is 7.43. The normalized spacial score (nSPS) is 9.24. The summed E-state index contributed by atoms with van der Waals surface area (Å²) in [7, 11) is 0. The Balaban J connectivity index is 0.00000122. The Bertz CT molecular complexity index is 495. The molecule has 4 nitrogen and oxygen atoms in total. The van der Waals surface area contributed by atoms with Crippen LogP contribution in [0.4, 0.5) is 0 Å². The van der Waals surface area contributed by atoms with Crippen molar-refractivity contribution in [2.45, 2.75) is 46.5 Å².